The Morgan fingerprint density at radius 3 is 2.96 bits per heavy atom. The maximum absolute atomic E-state index is 12.2. The fraction of sp³-hybridized carbons (Fsp3) is 0.611. The number of carbonyl (C=O) groups is 2. The summed E-state index contributed by atoms with van der Waals surface area (Å²) < 4.78 is 0. The molecule has 7 nitrogen and oxygen atoms in total. The second-order valence-corrected chi connectivity index (χ2v) is 7.01. The zero-order valence-electron chi connectivity index (χ0n) is 15.0. The smallest absolute Gasteiger partial charge is 0.238 e. The van der Waals surface area contributed by atoms with Gasteiger partial charge in [-0.25, -0.2) is 4.98 Å². The van der Waals surface area contributed by atoms with Crippen LogP contribution in [-0.2, 0) is 9.59 Å². The monoisotopic (exact) mass is 345 g/mol. The van der Waals surface area contributed by atoms with Crippen LogP contribution in [0.3, 0.4) is 0 Å². The van der Waals surface area contributed by atoms with Gasteiger partial charge in [-0.2, -0.15) is 0 Å². The van der Waals surface area contributed by atoms with Crippen LogP contribution in [0.2, 0.25) is 0 Å². The number of amides is 2. The van der Waals surface area contributed by atoms with Crippen molar-refractivity contribution in [2.24, 2.45) is 0 Å². The number of piperazine rings is 1. The van der Waals surface area contributed by atoms with Gasteiger partial charge in [-0.1, -0.05) is 0 Å². The van der Waals surface area contributed by atoms with Gasteiger partial charge >= 0.3 is 0 Å². The van der Waals surface area contributed by atoms with E-state index in [9.17, 15) is 9.59 Å². The van der Waals surface area contributed by atoms with E-state index in [0.29, 0.717) is 24.8 Å². The zero-order valence-corrected chi connectivity index (χ0v) is 15.0. The summed E-state index contributed by atoms with van der Waals surface area (Å²) in [5.41, 5.74) is 1.78. The summed E-state index contributed by atoms with van der Waals surface area (Å²) in [6.45, 7) is 7.10. The molecule has 25 heavy (non-hydrogen) atoms. The minimum absolute atomic E-state index is 0.0310. The molecule has 2 aliphatic rings. The van der Waals surface area contributed by atoms with Crippen molar-refractivity contribution in [1.29, 1.82) is 0 Å². The van der Waals surface area contributed by atoms with Crippen molar-refractivity contribution in [3.63, 3.8) is 0 Å². The quantitative estimate of drug-likeness (QED) is 0.856. The number of nitrogens with zero attached hydrogens (tertiary/aromatic N) is 3. The molecule has 0 aromatic carbocycles. The van der Waals surface area contributed by atoms with Gasteiger partial charge in [0.2, 0.25) is 11.8 Å². The number of carbonyl (C=O) groups excluding carboxylic acids is 2. The molecule has 2 saturated heterocycles. The Balaban J connectivity index is 1.60. The molecule has 3 heterocycles. The summed E-state index contributed by atoms with van der Waals surface area (Å²) in [5.74, 6) is 0.865. The Kier molecular flexibility index (Phi) is 5.53. The van der Waals surface area contributed by atoms with Crippen LogP contribution in [-0.4, -0.2) is 60.5 Å². The number of hydrogen-bond acceptors (Lipinski definition) is 5. The van der Waals surface area contributed by atoms with Crippen molar-refractivity contribution < 1.29 is 9.59 Å². The molecular weight excluding hydrogens is 318 g/mol. The number of hydrogen-bond donors (Lipinski definition) is 2. The summed E-state index contributed by atoms with van der Waals surface area (Å²) in [4.78, 5) is 32.4. The van der Waals surface area contributed by atoms with Crippen molar-refractivity contribution in [3.05, 3.63) is 17.8 Å². The van der Waals surface area contributed by atoms with E-state index < -0.39 is 0 Å². The third-order valence-electron chi connectivity index (χ3n) is 4.89. The van der Waals surface area contributed by atoms with Gasteiger partial charge in [-0.15, -0.1) is 0 Å². The minimum Gasteiger partial charge on any atom is -0.354 e. The van der Waals surface area contributed by atoms with Gasteiger partial charge in [0.25, 0.3) is 0 Å². The Morgan fingerprint density at radius 2 is 2.24 bits per heavy atom. The topological polar surface area (TPSA) is 77.6 Å². The summed E-state index contributed by atoms with van der Waals surface area (Å²) in [6, 6.07) is 2.48. The summed E-state index contributed by atoms with van der Waals surface area (Å²) in [6.07, 6.45) is 5.40. The molecular formula is C18H27N5O2. The van der Waals surface area contributed by atoms with Crippen molar-refractivity contribution in [1.82, 2.24) is 15.2 Å². The highest BCUT2D eigenvalue weighted by Gasteiger charge is 2.22. The SMILES string of the molecule is Cc1cc(NC(=O)CN2CCNC(=O)C2)cnc1N1CCCCC1C. The molecule has 2 amide bonds. The molecule has 1 unspecified atom stereocenters. The normalized spacial score (nSPS) is 21.8. The number of nitrogens with one attached hydrogen (secondary N) is 2. The lowest BCUT2D eigenvalue weighted by atomic mass is 10.0. The standard InChI is InChI=1S/C18H27N5O2/c1-13-9-15(10-20-18(13)23-7-4-3-5-14(23)2)21-17(25)12-22-8-6-19-16(24)11-22/h9-10,14H,3-8,11-12H2,1-2H3,(H,19,24)(H,21,25). The van der Waals surface area contributed by atoms with Crippen LogP contribution >= 0.6 is 0 Å². The molecule has 0 spiro atoms. The molecule has 0 saturated carbocycles. The molecule has 136 valence electrons. The van der Waals surface area contributed by atoms with Crippen LogP contribution in [0.25, 0.3) is 0 Å². The highest BCUT2D eigenvalue weighted by Crippen LogP contribution is 2.27. The largest absolute Gasteiger partial charge is 0.354 e. The molecule has 2 aliphatic heterocycles. The number of aryl methyl sites for hydroxylation is 1. The van der Waals surface area contributed by atoms with Crippen LogP contribution < -0.4 is 15.5 Å². The summed E-state index contributed by atoms with van der Waals surface area (Å²) in [7, 11) is 0. The molecule has 1 aromatic rings. The predicted molar refractivity (Wildman–Crippen MR) is 97.7 cm³/mol. The van der Waals surface area contributed by atoms with Crippen molar-refractivity contribution >= 4 is 23.3 Å². The fourth-order valence-electron chi connectivity index (χ4n) is 3.58. The van der Waals surface area contributed by atoms with Gasteiger partial charge < -0.3 is 15.5 Å². The average molecular weight is 345 g/mol. The molecule has 0 bridgehead atoms. The third kappa shape index (κ3) is 4.48. The molecule has 1 aromatic heterocycles. The average Bonchev–Trinajstić information content (AvgIpc) is 2.56. The van der Waals surface area contributed by atoms with E-state index >= 15 is 0 Å². The maximum Gasteiger partial charge on any atom is 0.238 e. The van der Waals surface area contributed by atoms with Gasteiger partial charge in [-0.3, -0.25) is 14.5 Å². The van der Waals surface area contributed by atoms with E-state index in [1.54, 1.807) is 6.20 Å². The molecule has 0 radical (unpaired) electrons. The Hall–Kier alpha value is -2.15. The lowest BCUT2D eigenvalue weighted by Gasteiger charge is -2.35. The van der Waals surface area contributed by atoms with Crippen molar-refractivity contribution in [3.8, 4) is 0 Å². The first kappa shape index (κ1) is 17.7. The lowest BCUT2D eigenvalue weighted by molar-refractivity contribution is -0.125. The van der Waals surface area contributed by atoms with E-state index in [1.807, 2.05) is 17.9 Å². The van der Waals surface area contributed by atoms with Gasteiger partial charge in [0, 0.05) is 25.7 Å². The Labute approximate surface area is 148 Å². The van der Waals surface area contributed by atoms with Crippen molar-refractivity contribution in [2.45, 2.75) is 39.2 Å². The summed E-state index contributed by atoms with van der Waals surface area (Å²) >= 11 is 0. The number of rotatable bonds is 4. The molecule has 3 rings (SSSR count). The first-order chi connectivity index (χ1) is 12.0. The maximum atomic E-state index is 12.2. The first-order valence-corrected chi connectivity index (χ1v) is 9.05. The highest BCUT2D eigenvalue weighted by molar-refractivity contribution is 5.92. The van der Waals surface area contributed by atoms with Gasteiger partial charge in [0.05, 0.1) is 25.0 Å². The number of pyridine rings is 1. The van der Waals surface area contributed by atoms with E-state index in [0.717, 1.165) is 17.9 Å². The number of piperidine rings is 1. The number of anilines is 2. The molecule has 2 N–H and O–H groups in total. The van der Waals surface area contributed by atoms with Crippen LogP contribution in [0.1, 0.15) is 31.7 Å². The van der Waals surface area contributed by atoms with Crippen LogP contribution in [0, 0.1) is 6.92 Å². The van der Waals surface area contributed by atoms with Gasteiger partial charge in [0.1, 0.15) is 5.82 Å². The molecule has 1 atom stereocenters. The molecule has 0 aliphatic carbocycles. The van der Waals surface area contributed by atoms with E-state index in [1.165, 1.54) is 19.3 Å². The Morgan fingerprint density at radius 1 is 1.40 bits per heavy atom. The van der Waals surface area contributed by atoms with Crippen molar-refractivity contribution in [2.75, 3.05) is 42.9 Å². The second-order valence-electron chi connectivity index (χ2n) is 7.01. The van der Waals surface area contributed by atoms with E-state index in [2.05, 4.69) is 27.4 Å². The molecule has 7 heteroatoms. The highest BCUT2D eigenvalue weighted by atomic mass is 16.2. The van der Waals surface area contributed by atoms with E-state index in [-0.39, 0.29) is 24.9 Å². The predicted octanol–water partition coefficient (Wildman–Crippen LogP) is 1.14. The van der Waals surface area contributed by atoms with Gasteiger partial charge in [-0.05, 0) is 44.7 Å². The summed E-state index contributed by atoms with van der Waals surface area (Å²) in [5, 5.41) is 5.65. The van der Waals surface area contributed by atoms with Crippen LogP contribution in [0.15, 0.2) is 12.3 Å². The Bertz CT molecular complexity index is 648. The van der Waals surface area contributed by atoms with Crippen LogP contribution in [0.4, 0.5) is 11.5 Å². The fourth-order valence-corrected chi connectivity index (χ4v) is 3.58. The van der Waals surface area contributed by atoms with E-state index in [4.69, 9.17) is 0 Å². The third-order valence-corrected chi connectivity index (χ3v) is 4.89. The lowest BCUT2D eigenvalue weighted by Crippen LogP contribution is -2.49. The second kappa shape index (κ2) is 7.82. The minimum atomic E-state index is -0.116. The number of aromatic nitrogens is 1. The zero-order chi connectivity index (χ0) is 17.8. The van der Waals surface area contributed by atoms with Crippen LogP contribution in [0.5, 0.6) is 0 Å². The van der Waals surface area contributed by atoms with Gasteiger partial charge in [0.15, 0.2) is 0 Å². The molecule has 2 fully saturated rings. The first-order valence-electron chi connectivity index (χ1n) is 9.05.